The smallest absolute Gasteiger partial charge is 0.416 e. The Kier molecular flexibility index (Phi) is 8.41. The second kappa shape index (κ2) is 8.98. The number of ether oxygens (including phenoxy) is 1. The third-order valence-corrected chi connectivity index (χ3v) is 3.58. The van der Waals surface area contributed by atoms with Gasteiger partial charge >= 0.3 is 6.18 Å². The SMILES string of the molecule is CCC(N)(CC)CNC(=O)COc1cccc(C(F)(F)F)c1.Cl. The number of carbonyl (C=O) groups is 1. The fourth-order valence-corrected chi connectivity index (χ4v) is 1.74. The highest BCUT2D eigenvalue weighted by Gasteiger charge is 2.30. The van der Waals surface area contributed by atoms with Crippen molar-refractivity contribution in [3.63, 3.8) is 0 Å². The molecule has 1 amide bonds. The molecule has 0 saturated carbocycles. The number of nitrogens with one attached hydrogen (secondary N) is 1. The molecular formula is C15H22ClF3N2O2. The second-order valence-corrected chi connectivity index (χ2v) is 5.16. The van der Waals surface area contributed by atoms with Crippen molar-refractivity contribution in [3.8, 4) is 5.75 Å². The summed E-state index contributed by atoms with van der Waals surface area (Å²) in [5.74, 6) is -0.427. The molecule has 1 rings (SSSR count). The number of hydrogen-bond donors (Lipinski definition) is 2. The maximum Gasteiger partial charge on any atom is 0.416 e. The third kappa shape index (κ3) is 7.09. The van der Waals surface area contributed by atoms with Crippen LogP contribution >= 0.6 is 12.4 Å². The average molecular weight is 355 g/mol. The van der Waals surface area contributed by atoms with E-state index in [1.807, 2.05) is 13.8 Å². The van der Waals surface area contributed by atoms with E-state index in [0.717, 1.165) is 12.1 Å². The van der Waals surface area contributed by atoms with Gasteiger partial charge in [0, 0.05) is 12.1 Å². The van der Waals surface area contributed by atoms with E-state index in [4.69, 9.17) is 10.5 Å². The Morgan fingerprint density at radius 3 is 2.39 bits per heavy atom. The van der Waals surface area contributed by atoms with Gasteiger partial charge in [-0.3, -0.25) is 4.79 Å². The molecule has 0 saturated heterocycles. The van der Waals surface area contributed by atoms with Crippen molar-refractivity contribution in [2.75, 3.05) is 13.2 Å². The lowest BCUT2D eigenvalue weighted by Gasteiger charge is -2.26. The number of hydrogen-bond acceptors (Lipinski definition) is 3. The van der Waals surface area contributed by atoms with Gasteiger partial charge in [0.1, 0.15) is 5.75 Å². The van der Waals surface area contributed by atoms with Crippen molar-refractivity contribution < 1.29 is 22.7 Å². The molecule has 0 heterocycles. The minimum atomic E-state index is -4.44. The molecule has 8 heteroatoms. The topological polar surface area (TPSA) is 64.3 Å². The van der Waals surface area contributed by atoms with E-state index >= 15 is 0 Å². The lowest BCUT2D eigenvalue weighted by molar-refractivity contribution is -0.137. The molecule has 0 fully saturated rings. The van der Waals surface area contributed by atoms with Crippen LogP contribution in [-0.4, -0.2) is 24.6 Å². The summed E-state index contributed by atoms with van der Waals surface area (Å²) in [5.41, 5.74) is 4.74. The first-order chi connectivity index (χ1) is 10.2. The van der Waals surface area contributed by atoms with Crippen molar-refractivity contribution in [1.29, 1.82) is 0 Å². The molecule has 0 atom stereocenters. The van der Waals surface area contributed by atoms with Gasteiger partial charge in [0.05, 0.1) is 5.56 Å². The van der Waals surface area contributed by atoms with Crippen LogP contribution in [0.2, 0.25) is 0 Å². The molecule has 4 nitrogen and oxygen atoms in total. The molecule has 1 aromatic carbocycles. The van der Waals surface area contributed by atoms with E-state index < -0.39 is 23.2 Å². The quantitative estimate of drug-likeness (QED) is 0.790. The Hall–Kier alpha value is -1.47. The largest absolute Gasteiger partial charge is 0.484 e. The first-order valence-corrected chi connectivity index (χ1v) is 7.06. The summed E-state index contributed by atoms with van der Waals surface area (Å²) in [4.78, 5) is 11.7. The van der Waals surface area contributed by atoms with Crippen molar-refractivity contribution in [3.05, 3.63) is 29.8 Å². The van der Waals surface area contributed by atoms with Crippen molar-refractivity contribution in [2.24, 2.45) is 5.73 Å². The molecule has 1 aromatic rings. The highest BCUT2D eigenvalue weighted by molar-refractivity contribution is 5.85. The first kappa shape index (κ1) is 21.5. The predicted octanol–water partition coefficient (Wildman–Crippen LogP) is 3.14. The van der Waals surface area contributed by atoms with E-state index in [1.165, 1.54) is 12.1 Å². The zero-order chi connectivity index (χ0) is 16.8. The Balaban J connectivity index is 0.00000484. The van der Waals surface area contributed by atoms with Crippen LogP contribution in [0.1, 0.15) is 32.3 Å². The molecule has 0 aliphatic heterocycles. The van der Waals surface area contributed by atoms with E-state index in [9.17, 15) is 18.0 Å². The number of rotatable bonds is 7. The minimum Gasteiger partial charge on any atom is -0.484 e. The van der Waals surface area contributed by atoms with Crippen LogP contribution in [0.3, 0.4) is 0 Å². The van der Waals surface area contributed by atoms with Crippen LogP contribution in [0.25, 0.3) is 0 Å². The molecule has 0 bridgehead atoms. The maximum atomic E-state index is 12.5. The normalized spacial score (nSPS) is 11.6. The molecule has 0 aliphatic carbocycles. The predicted molar refractivity (Wildman–Crippen MR) is 84.7 cm³/mol. The van der Waals surface area contributed by atoms with Gasteiger partial charge in [-0.25, -0.2) is 0 Å². The molecule has 0 spiro atoms. The monoisotopic (exact) mass is 354 g/mol. The molecule has 132 valence electrons. The fraction of sp³-hybridized carbons (Fsp3) is 0.533. The van der Waals surface area contributed by atoms with Gasteiger partial charge in [0.15, 0.2) is 6.61 Å². The van der Waals surface area contributed by atoms with Crippen LogP contribution in [0.15, 0.2) is 24.3 Å². The lowest BCUT2D eigenvalue weighted by atomic mass is 9.94. The summed E-state index contributed by atoms with van der Waals surface area (Å²) in [6, 6.07) is 4.40. The summed E-state index contributed by atoms with van der Waals surface area (Å²) < 4.78 is 42.7. The standard InChI is InChI=1S/C15H21F3N2O2.ClH/c1-3-14(19,4-2)10-20-13(21)9-22-12-7-5-6-11(8-12)15(16,17)18;/h5-8H,3-4,9-10,19H2,1-2H3,(H,20,21);1H. The van der Waals surface area contributed by atoms with Crippen LogP contribution < -0.4 is 15.8 Å². The first-order valence-electron chi connectivity index (χ1n) is 7.06. The molecule has 0 aliphatic rings. The van der Waals surface area contributed by atoms with Gasteiger partial charge in [-0.2, -0.15) is 13.2 Å². The second-order valence-electron chi connectivity index (χ2n) is 5.16. The van der Waals surface area contributed by atoms with Crippen LogP contribution in [-0.2, 0) is 11.0 Å². The van der Waals surface area contributed by atoms with Gasteiger partial charge in [-0.15, -0.1) is 12.4 Å². The number of halogens is 4. The third-order valence-electron chi connectivity index (χ3n) is 3.58. The van der Waals surface area contributed by atoms with E-state index in [-0.39, 0.29) is 24.8 Å². The summed E-state index contributed by atoms with van der Waals surface area (Å²) >= 11 is 0. The highest BCUT2D eigenvalue weighted by atomic mass is 35.5. The summed E-state index contributed by atoms with van der Waals surface area (Å²) in [5, 5.41) is 2.63. The number of nitrogens with two attached hydrogens (primary N) is 1. The molecule has 23 heavy (non-hydrogen) atoms. The highest BCUT2D eigenvalue weighted by Crippen LogP contribution is 2.31. The summed E-state index contributed by atoms with van der Waals surface area (Å²) in [6.45, 7) is 3.79. The summed E-state index contributed by atoms with van der Waals surface area (Å²) in [6.07, 6.45) is -3.03. The van der Waals surface area contributed by atoms with Crippen molar-refractivity contribution >= 4 is 18.3 Å². The van der Waals surface area contributed by atoms with Crippen LogP contribution in [0.5, 0.6) is 5.75 Å². The summed E-state index contributed by atoms with van der Waals surface area (Å²) in [7, 11) is 0. The van der Waals surface area contributed by atoms with Gasteiger partial charge in [-0.1, -0.05) is 19.9 Å². The van der Waals surface area contributed by atoms with Crippen molar-refractivity contribution in [2.45, 2.75) is 38.4 Å². The molecule has 0 radical (unpaired) electrons. The maximum absolute atomic E-state index is 12.5. The molecular weight excluding hydrogens is 333 g/mol. The average Bonchev–Trinajstić information content (AvgIpc) is 2.50. The Morgan fingerprint density at radius 2 is 1.87 bits per heavy atom. The molecule has 3 N–H and O–H groups in total. The number of benzene rings is 1. The Morgan fingerprint density at radius 1 is 1.26 bits per heavy atom. The Labute approximate surface area is 140 Å². The molecule has 0 aromatic heterocycles. The fourth-order valence-electron chi connectivity index (χ4n) is 1.74. The van der Waals surface area contributed by atoms with E-state index in [2.05, 4.69) is 5.32 Å². The van der Waals surface area contributed by atoms with E-state index in [0.29, 0.717) is 19.4 Å². The zero-order valence-corrected chi connectivity index (χ0v) is 13.9. The Bertz CT molecular complexity index is 506. The van der Waals surface area contributed by atoms with Crippen molar-refractivity contribution in [1.82, 2.24) is 5.32 Å². The van der Waals surface area contributed by atoms with Gasteiger partial charge in [0.25, 0.3) is 5.91 Å². The van der Waals surface area contributed by atoms with Crippen LogP contribution in [0.4, 0.5) is 13.2 Å². The van der Waals surface area contributed by atoms with Gasteiger partial charge < -0.3 is 15.8 Å². The number of amides is 1. The van der Waals surface area contributed by atoms with Gasteiger partial charge in [0.2, 0.25) is 0 Å². The number of carbonyl (C=O) groups excluding carboxylic acids is 1. The number of alkyl halides is 3. The van der Waals surface area contributed by atoms with Gasteiger partial charge in [-0.05, 0) is 31.0 Å². The zero-order valence-electron chi connectivity index (χ0n) is 13.1. The van der Waals surface area contributed by atoms with E-state index in [1.54, 1.807) is 0 Å². The lowest BCUT2D eigenvalue weighted by Crippen LogP contribution is -2.50. The van der Waals surface area contributed by atoms with Crippen LogP contribution in [0, 0.1) is 0 Å². The molecule has 0 unspecified atom stereocenters. The minimum absolute atomic E-state index is 0.